The van der Waals surface area contributed by atoms with Gasteiger partial charge >= 0.3 is 0 Å². The van der Waals surface area contributed by atoms with E-state index in [0.29, 0.717) is 24.0 Å². The van der Waals surface area contributed by atoms with Crippen molar-refractivity contribution in [1.82, 2.24) is 4.90 Å². The van der Waals surface area contributed by atoms with Gasteiger partial charge in [0, 0.05) is 24.7 Å². The van der Waals surface area contributed by atoms with Crippen LogP contribution in [-0.2, 0) is 0 Å². The van der Waals surface area contributed by atoms with Crippen molar-refractivity contribution in [3.63, 3.8) is 0 Å². The number of piperidine rings is 1. The van der Waals surface area contributed by atoms with E-state index in [4.69, 9.17) is 10.5 Å². The van der Waals surface area contributed by atoms with Crippen LogP contribution < -0.4 is 10.5 Å². The molecule has 1 aromatic carbocycles. The summed E-state index contributed by atoms with van der Waals surface area (Å²) in [6.07, 6.45) is 1.99. The largest absolute Gasteiger partial charge is 0.493 e. The van der Waals surface area contributed by atoms with Gasteiger partial charge in [-0.05, 0) is 49.8 Å². The standard InChI is InChI=1S/C18H28N2O2/c1-13(2)12-22-17-6-4-5-16(11-17)18(21)20-9-7-15(8-10-20)14(3)19/h4-6,11,13-15H,7-10,12,19H2,1-3H3. The summed E-state index contributed by atoms with van der Waals surface area (Å²) in [5.41, 5.74) is 6.67. The van der Waals surface area contributed by atoms with Gasteiger partial charge in [-0.2, -0.15) is 0 Å². The second-order valence-electron chi connectivity index (χ2n) is 6.72. The van der Waals surface area contributed by atoms with Gasteiger partial charge in [0.25, 0.3) is 5.91 Å². The van der Waals surface area contributed by atoms with Crippen LogP contribution >= 0.6 is 0 Å². The first kappa shape index (κ1) is 16.8. The van der Waals surface area contributed by atoms with Crippen LogP contribution in [-0.4, -0.2) is 36.5 Å². The summed E-state index contributed by atoms with van der Waals surface area (Å²) in [5, 5.41) is 0. The van der Waals surface area contributed by atoms with Crippen molar-refractivity contribution >= 4 is 5.91 Å². The second-order valence-corrected chi connectivity index (χ2v) is 6.72. The average molecular weight is 304 g/mol. The van der Waals surface area contributed by atoms with Crippen molar-refractivity contribution in [1.29, 1.82) is 0 Å². The molecule has 0 aromatic heterocycles. The molecule has 0 saturated carbocycles. The lowest BCUT2D eigenvalue weighted by atomic mass is 9.90. The Morgan fingerprint density at radius 3 is 2.59 bits per heavy atom. The van der Waals surface area contributed by atoms with Crippen LogP contribution in [0.2, 0.25) is 0 Å². The van der Waals surface area contributed by atoms with Gasteiger partial charge in [-0.25, -0.2) is 0 Å². The molecule has 122 valence electrons. The van der Waals surface area contributed by atoms with Crippen molar-refractivity contribution in [2.75, 3.05) is 19.7 Å². The Labute approximate surface area is 133 Å². The number of rotatable bonds is 5. The Morgan fingerprint density at radius 1 is 1.32 bits per heavy atom. The van der Waals surface area contributed by atoms with Gasteiger partial charge in [0.15, 0.2) is 0 Å². The molecule has 4 nitrogen and oxygen atoms in total. The third-order valence-electron chi connectivity index (χ3n) is 4.23. The molecule has 0 aliphatic carbocycles. The highest BCUT2D eigenvalue weighted by Crippen LogP contribution is 2.22. The van der Waals surface area contributed by atoms with Crippen LogP contribution in [0.4, 0.5) is 0 Å². The van der Waals surface area contributed by atoms with Crippen molar-refractivity contribution in [3.8, 4) is 5.75 Å². The topological polar surface area (TPSA) is 55.6 Å². The second kappa shape index (κ2) is 7.63. The highest BCUT2D eigenvalue weighted by atomic mass is 16.5. The fraction of sp³-hybridized carbons (Fsp3) is 0.611. The highest BCUT2D eigenvalue weighted by Gasteiger charge is 2.25. The van der Waals surface area contributed by atoms with E-state index in [1.54, 1.807) is 0 Å². The first-order valence-corrected chi connectivity index (χ1v) is 8.25. The van der Waals surface area contributed by atoms with E-state index in [0.717, 1.165) is 31.7 Å². The fourth-order valence-corrected chi connectivity index (χ4v) is 2.79. The van der Waals surface area contributed by atoms with E-state index >= 15 is 0 Å². The molecule has 1 saturated heterocycles. The Hall–Kier alpha value is -1.55. The van der Waals surface area contributed by atoms with E-state index in [-0.39, 0.29) is 11.9 Å². The maximum absolute atomic E-state index is 12.6. The van der Waals surface area contributed by atoms with Gasteiger partial charge in [0.2, 0.25) is 0 Å². The van der Waals surface area contributed by atoms with Crippen LogP contribution in [0.15, 0.2) is 24.3 Å². The summed E-state index contributed by atoms with van der Waals surface area (Å²) in [5.74, 6) is 1.87. The smallest absolute Gasteiger partial charge is 0.253 e. The number of nitrogens with zero attached hydrogens (tertiary/aromatic N) is 1. The number of hydrogen-bond donors (Lipinski definition) is 1. The number of hydrogen-bond acceptors (Lipinski definition) is 3. The van der Waals surface area contributed by atoms with Crippen molar-refractivity contribution < 1.29 is 9.53 Å². The summed E-state index contributed by atoms with van der Waals surface area (Å²) in [7, 11) is 0. The number of carbonyl (C=O) groups is 1. The Balaban J connectivity index is 1.96. The molecule has 0 bridgehead atoms. The zero-order chi connectivity index (χ0) is 16.1. The zero-order valence-electron chi connectivity index (χ0n) is 13.9. The Kier molecular flexibility index (Phi) is 5.83. The lowest BCUT2D eigenvalue weighted by molar-refractivity contribution is 0.0680. The SMILES string of the molecule is CC(C)COc1cccc(C(=O)N2CCC(C(C)N)CC2)c1. The molecule has 1 fully saturated rings. The van der Waals surface area contributed by atoms with Crippen molar-refractivity contribution in [2.24, 2.45) is 17.6 Å². The van der Waals surface area contributed by atoms with E-state index in [1.165, 1.54) is 0 Å². The zero-order valence-corrected chi connectivity index (χ0v) is 13.9. The minimum absolute atomic E-state index is 0.0955. The monoisotopic (exact) mass is 304 g/mol. The van der Waals surface area contributed by atoms with Crippen LogP contribution in [0.25, 0.3) is 0 Å². The van der Waals surface area contributed by atoms with Gasteiger partial charge < -0.3 is 15.4 Å². The van der Waals surface area contributed by atoms with E-state index in [9.17, 15) is 4.79 Å². The fourth-order valence-electron chi connectivity index (χ4n) is 2.79. The summed E-state index contributed by atoms with van der Waals surface area (Å²) >= 11 is 0. The molecule has 4 heteroatoms. The lowest BCUT2D eigenvalue weighted by Crippen LogP contribution is -2.42. The van der Waals surface area contributed by atoms with Crippen LogP contribution in [0.1, 0.15) is 44.0 Å². The van der Waals surface area contributed by atoms with E-state index in [1.807, 2.05) is 29.2 Å². The summed E-state index contributed by atoms with van der Waals surface area (Å²) in [4.78, 5) is 14.5. The first-order chi connectivity index (χ1) is 10.5. The lowest BCUT2D eigenvalue weighted by Gasteiger charge is -2.33. The normalized spacial score (nSPS) is 17.6. The van der Waals surface area contributed by atoms with Crippen molar-refractivity contribution in [2.45, 2.75) is 39.7 Å². The summed E-state index contributed by atoms with van der Waals surface area (Å²) < 4.78 is 5.71. The molecule has 2 N–H and O–H groups in total. The van der Waals surface area contributed by atoms with E-state index in [2.05, 4.69) is 20.8 Å². The molecule has 1 heterocycles. The Bertz CT molecular complexity index is 492. The predicted molar refractivity (Wildman–Crippen MR) is 89.1 cm³/mol. The molecule has 1 aromatic rings. The molecule has 22 heavy (non-hydrogen) atoms. The molecular formula is C18H28N2O2. The third kappa shape index (κ3) is 4.47. The van der Waals surface area contributed by atoms with Gasteiger partial charge in [0.05, 0.1) is 6.61 Å². The Morgan fingerprint density at radius 2 is 2.00 bits per heavy atom. The third-order valence-corrected chi connectivity index (χ3v) is 4.23. The molecule has 2 rings (SSSR count). The molecule has 0 spiro atoms. The minimum Gasteiger partial charge on any atom is -0.493 e. The van der Waals surface area contributed by atoms with Gasteiger partial charge in [-0.3, -0.25) is 4.79 Å². The predicted octanol–water partition coefficient (Wildman–Crippen LogP) is 2.92. The molecule has 1 amide bonds. The van der Waals surface area contributed by atoms with Crippen LogP contribution in [0.3, 0.4) is 0 Å². The molecule has 1 unspecified atom stereocenters. The van der Waals surface area contributed by atoms with Gasteiger partial charge in [0.1, 0.15) is 5.75 Å². The molecule has 1 atom stereocenters. The molecule has 1 aliphatic heterocycles. The number of ether oxygens (including phenoxy) is 1. The average Bonchev–Trinajstić information content (AvgIpc) is 2.52. The maximum Gasteiger partial charge on any atom is 0.253 e. The maximum atomic E-state index is 12.6. The molecule has 1 aliphatic rings. The molecule has 0 radical (unpaired) electrons. The number of amides is 1. The van der Waals surface area contributed by atoms with Crippen LogP contribution in [0, 0.1) is 11.8 Å². The van der Waals surface area contributed by atoms with Crippen LogP contribution in [0.5, 0.6) is 5.75 Å². The van der Waals surface area contributed by atoms with Gasteiger partial charge in [-0.15, -0.1) is 0 Å². The quantitative estimate of drug-likeness (QED) is 0.910. The number of nitrogens with two attached hydrogens (primary N) is 1. The number of likely N-dealkylation sites (tertiary alicyclic amines) is 1. The van der Waals surface area contributed by atoms with E-state index < -0.39 is 0 Å². The molecular weight excluding hydrogens is 276 g/mol. The first-order valence-electron chi connectivity index (χ1n) is 8.25. The number of carbonyl (C=O) groups excluding carboxylic acids is 1. The number of benzene rings is 1. The van der Waals surface area contributed by atoms with Crippen molar-refractivity contribution in [3.05, 3.63) is 29.8 Å². The minimum atomic E-state index is 0.0955. The summed E-state index contributed by atoms with van der Waals surface area (Å²) in [6.45, 7) is 8.52. The van der Waals surface area contributed by atoms with Gasteiger partial charge in [-0.1, -0.05) is 19.9 Å². The summed E-state index contributed by atoms with van der Waals surface area (Å²) in [6, 6.07) is 7.72. The highest BCUT2D eigenvalue weighted by molar-refractivity contribution is 5.94.